The molecule has 32 heavy (non-hydrogen) atoms. The number of benzene rings is 2. The molecule has 0 saturated heterocycles. The van der Waals surface area contributed by atoms with Gasteiger partial charge in [0.15, 0.2) is 0 Å². The van der Waals surface area contributed by atoms with Crippen molar-refractivity contribution in [3.8, 4) is 0 Å². The maximum absolute atomic E-state index is 13.2. The normalized spacial score (nSPS) is 14.9. The van der Waals surface area contributed by atoms with E-state index in [1.807, 2.05) is 31.2 Å². The van der Waals surface area contributed by atoms with Crippen LogP contribution in [0.4, 0.5) is 0 Å². The van der Waals surface area contributed by atoms with Gasteiger partial charge < -0.3 is 10.2 Å². The zero-order valence-corrected chi connectivity index (χ0v) is 20.8. The maximum Gasteiger partial charge on any atom is 0.242 e. The van der Waals surface area contributed by atoms with Gasteiger partial charge in [-0.15, -0.1) is 11.8 Å². The predicted octanol–water partition coefficient (Wildman–Crippen LogP) is 5.67. The van der Waals surface area contributed by atoms with E-state index in [4.69, 9.17) is 11.6 Å². The second kappa shape index (κ2) is 11.8. The summed E-state index contributed by atoms with van der Waals surface area (Å²) in [6.07, 6.45) is 4.36. The number of hydrogen-bond acceptors (Lipinski definition) is 3. The number of nitrogens with one attached hydrogen (secondary N) is 1. The molecule has 0 aromatic heterocycles. The molecule has 0 heterocycles. The summed E-state index contributed by atoms with van der Waals surface area (Å²) in [6.45, 7) is 6.39. The van der Waals surface area contributed by atoms with Crippen molar-refractivity contribution in [3.63, 3.8) is 0 Å². The van der Waals surface area contributed by atoms with Crippen LogP contribution in [-0.4, -0.2) is 34.6 Å². The lowest BCUT2D eigenvalue weighted by molar-refractivity contribution is -0.138. The van der Waals surface area contributed by atoms with E-state index in [0.717, 1.165) is 37.0 Å². The summed E-state index contributed by atoms with van der Waals surface area (Å²) >= 11 is 7.61. The Bertz CT molecular complexity index is 906. The average molecular weight is 473 g/mol. The van der Waals surface area contributed by atoms with E-state index in [0.29, 0.717) is 17.3 Å². The second-order valence-electron chi connectivity index (χ2n) is 8.80. The first-order valence-electron chi connectivity index (χ1n) is 11.3. The van der Waals surface area contributed by atoms with Crippen LogP contribution in [0.25, 0.3) is 0 Å². The summed E-state index contributed by atoms with van der Waals surface area (Å²) in [4.78, 5) is 27.8. The number of hydrogen-bond donors (Lipinski definition) is 1. The lowest BCUT2D eigenvalue weighted by Gasteiger charge is -2.29. The van der Waals surface area contributed by atoms with Gasteiger partial charge in [0.1, 0.15) is 6.04 Å². The number of rotatable bonds is 9. The molecule has 1 aliphatic carbocycles. The minimum Gasteiger partial charge on any atom is -0.352 e. The Balaban J connectivity index is 1.65. The Hall–Kier alpha value is -1.98. The van der Waals surface area contributed by atoms with Gasteiger partial charge in [-0.3, -0.25) is 9.59 Å². The Morgan fingerprint density at radius 1 is 1.06 bits per heavy atom. The molecule has 1 N–H and O–H groups in total. The molecule has 2 amide bonds. The Morgan fingerprint density at radius 3 is 2.31 bits per heavy atom. The van der Waals surface area contributed by atoms with Gasteiger partial charge in [0, 0.05) is 23.4 Å². The topological polar surface area (TPSA) is 49.4 Å². The average Bonchev–Trinajstić information content (AvgIpc) is 3.25. The van der Waals surface area contributed by atoms with Crippen LogP contribution in [0.2, 0.25) is 5.02 Å². The Kier molecular flexibility index (Phi) is 9.06. The van der Waals surface area contributed by atoms with E-state index < -0.39 is 6.04 Å². The van der Waals surface area contributed by atoms with Crippen LogP contribution in [-0.2, 0) is 21.9 Å². The molecular weight excluding hydrogens is 440 g/mol. The van der Waals surface area contributed by atoms with Crippen molar-refractivity contribution in [2.75, 3.05) is 5.75 Å². The number of aryl methyl sites for hydroxylation is 2. The fourth-order valence-electron chi connectivity index (χ4n) is 4.25. The van der Waals surface area contributed by atoms with Gasteiger partial charge in [-0.25, -0.2) is 0 Å². The summed E-state index contributed by atoms with van der Waals surface area (Å²) in [5.41, 5.74) is 4.64. The highest BCUT2D eigenvalue weighted by molar-refractivity contribution is 7.99. The summed E-state index contributed by atoms with van der Waals surface area (Å²) in [5.74, 6) is 1.01. The van der Waals surface area contributed by atoms with Crippen molar-refractivity contribution in [1.29, 1.82) is 0 Å². The molecule has 1 aliphatic rings. The Morgan fingerprint density at radius 2 is 1.69 bits per heavy atom. The smallest absolute Gasteiger partial charge is 0.242 e. The van der Waals surface area contributed by atoms with Crippen LogP contribution in [0.5, 0.6) is 0 Å². The lowest BCUT2D eigenvalue weighted by atomic mass is 10.1. The molecule has 1 fully saturated rings. The van der Waals surface area contributed by atoms with Crippen LogP contribution >= 0.6 is 23.4 Å². The fourth-order valence-corrected chi connectivity index (χ4v) is 5.22. The van der Waals surface area contributed by atoms with Gasteiger partial charge in [-0.1, -0.05) is 65.9 Å². The first kappa shape index (κ1) is 24.7. The predicted molar refractivity (Wildman–Crippen MR) is 134 cm³/mol. The molecule has 172 valence electrons. The third-order valence-electron chi connectivity index (χ3n) is 5.91. The van der Waals surface area contributed by atoms with Crippen molar-refractivity contribution in [2.45, 2.75) is 70.8 Å². The molecule has 6 heteroatoms. The fraction of sp³-hybridized carbons (Fsp3) is 0.462. The van der Waals surface area contributed by atoms with Crippen molar-refractivity contribution < 1.29 is 9.59 Å². The van der Waals surface area contributed by atoms with Gasteiger partial charge in [0.25, 0.3) is 0 Å². The zero-order chi connectivity index (χ0) is 23.1. The quantitative estimate of drug-likeness (QED) is 0.511. The standard InChI is InChI=1S/C26H33ClN2O2S/c1-18-12-19(2)14-22(13-18)16-32-17-25(30)29(15-21-8-10-23(27)11-9-21)20(3)26(31)28-24-6-4-5-7-24/h8-14,20,24H,4-7,15-17H2,1-3H3,(H,28,31)/t20-/m1/s1. The van der Waals surface area contributed by atoms with Crippen LogP contribution in [0.3, 0.4) is 0 Å². The maximum atomic E-state index is 13.2. The van der Waals surface area contributed by atoms with Crippen LogP contribution < -0.4 is 5.32 Å². The molecule has 0 bridgehead atoms. The SMILES string of the molecule is Cc1cc(C)cc(CSCC(=O)N(Cc2ccc(Cl)cc2)[C@H](C)C(=O)NC2CCCC2)c1. The number of carbonyl (C=O) groups excluding carboxylic acids is 2. The molecule has 0 radical (unpaired) electrons. The molecule has 3 rings (SSSR count). The lowest BCUT2D eigenvalue weighted by Crippen LogP contribution is -2.50. The van der Waals surface area contributed by atoms with Gasteiger partial charge in [-0.05, 0) is 56.9 Å². The molecule has 2 aromatic rings. The number of halogens is 1. The minimum atomic E-state index is -0.527. The first-order chi connectivity index (χ1) is 15.3. The van der Waals surface area contributed by atoms with E-state index in [-0.39, 0.29) is 17.9 Å². The Labute approximate surface area is 201 Å². The third kappa shape index (κ3) is 7.28. The number of nitrogens with zero attached hydrogens (tertiary/aromatic N) is 1. The van der Waals surface area contributed by atoms with E-state index in [2.05, 4.69) is 37.4 Å². The molecule has 4 nitrogen and oxygen atoms in total. The highest BCUT2D eigenvalue weighted by atomic mass is 35.5. The van der Waals surface area contributed by atoms with Crippen molar-refractivity contribution in [3.05, 3.63) is 69.7 Å². The number of amides is 2. The highest BCUT2D eigenvalue weighted by Gasteiger charge is 2.28. The first-order valence-corrected chi connectivity index (χ1v) is 12.8. The monoisotopic (exact) mass is 472 g/mol. The molecule has 2 aromatic carbocycles. The van der Waals surface area contributed by atoms with Crippen molar-refractivity contribution >= 4 is 35.2 Å². The van der Waals surface area contributed by atoms with Crippen LogP contribution in [0, 0.1) is 13.8 Å². The summed E-state index contributed by atoms with van der Waals surface area (Å²) in [5, 5.41) is 3.80. The summed E-state index contributed by atoms with van der Waals surface area (Å²) in [7, 11) is 0. The van der Waals surface area contributed by atoms with E-state index in [9.17, 15) is 9.59 Å². The van der Waals surface area contributed by atoms with E-state index in [1.165, 1.54) is 16.7 Å². The van der Waals surface area contributed by atoms with E-state index in [1.54, 1.807) is 16.7 Å². The molecule has 1 atom stereocenters. The molecule has 1 saturated carbocycles. The van der Waals surface area contributed by atoms with E-state index >= 15 is 0 Å². The summed E-state index contributed by atoms with van der Waals surface area (Å²) in [6, 6.07) is 13.6. The van der Waals surface area contributed by atoms with Gasteiger partial charge in [0.05, 0.1) is 5.75 Å². The largest absolute Gasteiger partial charge is 0.352 e. The number of thioether (sulfide) groups is 1. The van der Waals surface area contributed by atoms with Crippen LogP contribution in [0.1, 0.15) is 54.9 Å². The summed E-state index contributed by atoms with van der Waals surface area (Å²) < 4.78 is 0. The van der Waals surface area contributed by atoms with Gasteiger partial charge in [0.2, 0.25) is 11.8 Å². The highest BCUT2D eigenvalue weighted by Crippen LogP contribution is 2.20. The molecule has 0 unspecified atom stereocenters. The van der Waals surface area contributed by atoms with Crippen molar-refractivity contribution in [2.24, 2.45) is 0 Å². The molecule has 0 aliphatic heterocycles. The van der Waals surface area contributed by atoms with Crippen LogP contribution in [0.15, 0.2) is 42.5 Å². The number of carbonyl (C=O) groups is 2. The van der Waals surface area contributed by atoms with Gasteiger partial charge in [-0.2, -0.15) is 0 Å². The van der Waals surface area contributed by atoms with Gasteiger partial charge >= 0.3 is 0 Å². The molecule has 0 spiro atoms. The minimum absolute atomic E-state index is 0.0246. The molecular formula is C26H33ClN2O2S. The van der Waals surface area contributed by atoms with Crippen molar-refractivity contribution in [1.82, 2.24) is 10.2 Å². The third-order valence-corrected chi connectivity index (χ3v) is 7.15. The zero-order valence-electron chi connectivity index (χ0n) is 19.2. The second-order valence-corrected chi connectivity index (χ2v) is 10.2.